The molecule has 3 aromatic carbocycles. The van der Waals surface area contributed by atoms with Crippen LogP contribution in [0.25, 0.3) is 22.9 Å². The SMILES string of the molecule is O=S(=O)([O-])c1ccc2c(c1)=CCC(Cc1ccc3cc(S(=O)(=O)[O-])ccc3c1)C=2.[Na+].[Na+]. The summed E-state index contributed by atoms with van der Waals surface area (Å²) in [5.41, 5.74) is 1.06. The fraction of sp³-hybridized carbons (Fsp3) is 0.143. The molecular formula is C21H16Na2O6S2. The van der Waals surface area contributed by atoms with Crippen LogP contribution in [-0.2, 0) is 26.7 Å². The standard InChI is InChI=1S/C21H18O6S2.2Na/c22-28(23,24)20-7-5-16-10-14(1-3-18(16)12-20)9-15-2-4-19-13-21(29(25,26)27)8-6-17(19)11-15;;/h1,3-8,10-13,15H,2,9H2,(H,22,23,24)(H,25,26,27);;/q;2*+1/p-2. The zero-order valence-electron chi connectivity index (χ0n) is 17.1. The Morgan fingerprint density at radius 2 is 1.32 bits per heavy atom. The van der Waals surface area contributed by atoms with Gasteiger partial charge in [-0.3, -0.25) is 0 Å². The number of rotatable bonds is 4. The minimum absolute atomic E-state index is 0. The molecule has 1 aliphatic carbocycles. The molecule has 0 aliphatic heterocycles. The molecule has 0 aromatic heterocycles. The molecular weight excluding hydrogens is 458 g/mol. The van der Waals surface area contributed by atoms with Crippen molar-refractivity contribution in [2.24, 2.45) is 5.92 Å². The Hall–Kier alpha value is -0.520. The van der Waals surface area contributed by atoms with Crippen molar-refractivity contribution >= 4 is 43.2 Å². The van der Waals surface area contributed by atoms with Crippen molar-refractivity contribution in [1.82, 2.24) is 0 Å². The van der Waals surface area contributed by atoms with Crippen LogP contribution in [0, 0.1) is 5.92 Å². The molecule has 1 atom stereocenters. The maximum atomic E-state index is 11.2. The van der Waals surface area contributed by atoms with Gasteiger partial charge in [0.15, 0.2) is 0 Å². The Morgan fingerprint density at radius 1 is 0.742 bits per heavy atom. The summed E-state index contributed by atoms with van der Waals surface area (Å²) in [6.07, 6.45) is 5.45. The predicted octanol–water partition coefficient (Wildman–Crippen LogP) is -4.52. The number of benzene rings is 3. The molecule has 1 aliphatic rings. The van der Waals surface area contributed by atoms with Gasteiger partial charge in [0.1, 0.15) is 20.2 Å². The van der Waals surface area contributed by atoms with Crippen molar-refractivity contribution in [3.8, 4) is 0 Å². The van der Waals surface area contributed by atoms with E-state index in [1.807, 2.05) is 18.2 Å². The first-order chi connectivity index (χ1) is 13.6. The van der Waals surface area contributed by atoms with Gasteiger partial charge in [-0.25, -0.2) is 16.8 Å². The maximum Gasteiger partial charge on any atom is 1.00 e. The van der Waals surface area contributed by atoms with Crippen molar-refractivity contribution in [2.45, 2.75) is 22.6 Å². The van der Waals surface area contributed by atoms with E-state index in [0.717, 1.165) is 27.8 Å². The van der Waals surface area contributed by atoms with E-state index in [-0.39, 0.29) is 74.8 Å². The zero-order chi connectivity index (χ0) is 20.8. The number of hydrogen-bond acceptors (Lipinski definition) is 6. The van der Waals surface area contributed by atoms with E-state index in [1.54, 1.807) is 18.2 Å². The summed E-state index contributed by atoms with van der Waals surface area (Å²) in [4.78, 5) is -0.475. The van der Waals surface area contributed by atoms with Gasteiger partial charge in [0.05, 0.1) is 9.79 Å². The molecule has 1 unspecified atom stereocenters. The largest absolute Gasteiger partial charge is 1.00 e. The van der Waals surface area contributed by atoms with E-state index in [1.165, 1.54) is 24.3 Å². The van der Waals surface area contributed by atoms with E-state index in [4.69, 9.17) is 0 Å². The van der Waals surface area contributed by atoms with Gasteiger partial charge in [0.2, 0.25) is 0 Å². The fourth-order valence-corrected chi connectivity index (χ4v) is 4.65. The Bertz CT molecular complexity index is 1470. The van der Waals surface area contributed by atoms with Crippen molar-refractivity contribution in [3.05, 3.63) is 70.6 Å². The second-order valence-corrected chi connectivity index (χ2v) is 9.87. The molecule has 0 radical (unpaired) electrons. The third kappa shape index (κ3) is 6.29. The van der Waals surface area contributed by atoms with Gasteiger partial charge in [-0.15, -0.1) is 0 Å². The maximum absolute atomic E-state index is 11.2. The van der Waals surface area contributed by atoms with E-state index >= 15 is 0 Å². The fourth-order valence-electron chi connectivity index (χ4n) is 3.64. The molecule has 3 aromatic rings. The van der Waals surface area contributed by atoms with Gasteiger partial charge in [0, 0.05) is 0 Å². The minimum Gasteiger partial charge on any atom is -0.744 e. The van der Waals surface area contributed by atoms with Crippen LogP contribution in [0.5, 0.6) is 0 Å². The van der Waals surface area contributed by atoms with E-state index in [0.29, 0.717) is 11.8 Å². The molecule has 0 amide bonds. The summed E-state index contributed by atoms with van der Waals surface area (Å²) in [6, 6.07) is 14.4. The third-order valence-corrected chi connectivity index (χ3v) is 6.73. The topological polar surface area (TPSA) is 114 Å². The summed E-state index contributed by atoms with van der Waals surface area (Å²) < 4.78 is 67.0. The van der Waals surface area contributed by atoms with Gasteiger partial charge in [-0.2, -0.15) is 0 Å². The van der Waals surface area contributed by atoms with Crippen LogP contribution in [0.1, 0.15) is 12.0 Å². The molecule has 6 nitrogen and oxygen atoms in total. The average molecular weight is 474 g/mol. The molecule has 0 saturated heterocycles. The Kier molecular flexibility index (Phi) is 8.77. The first kappa shape index (κ1) is 26.7. The molecule has 31 heavy (non-hydrogen) atoms. The summed E-state index contributed by atoms with van der Waals surface area (Å²) in [6.45, 7) is 0. The van der Waals surface area contributed by atoms with E-state index in [2.05, 4.69) is 6.08 Å². The van der Waals surface area contributed by atoms with Crippen molar-refractivity contribution in [1.29, 1.82) is 0 Å². The number of hydrogen-bond donors (Lipinski definition) is 0. The van der Waals surface area contributed by atoms with Gasteiger partial charge < -0.3 is 9.11 Å². The van der Waals surface area contributed by atoms with Crippen LogP contribution in [0.2, 0.25) is 0 Å². The quantitative estimate of drug-likeness (QED) is 0.278. The molecule has 0 N–H and O–H groups in total. The summed E-state index contributed by atoms with van der Waals surface area (Å²) >= 11 is 0. The van der Waals surface area contributed by atoms with Crippen LogP contribution >= 0.6 is 0 Å². The van der Waals surface area contributed by atoms with Crippen molar-refractivity contribution in [3.63, 3.8) is 0 Å². The van der Waals surface area contributed by atoms with Crippen LogP contribution in [0.15, 0.2) is 64.4 Å². The van der Waals surface area contributed by atoms with Gasteiger partial charge in [-0.05, 0) is 69.8 Å². The first-order valence-corrected chi connectivity index (χ1v) is 11.7. The molecule has 150 valence electrons. The van der Waals surface area contributed by atoms with E-state index < -0.39 is 20.2 Å². The van der Waals surface area contributed by atoms with Crippen molar-refractivity contribution in [2.75, 3.05) is 0 Å². The van der Waals surface area contributed by atoms with Gasteiger partial charge in [-0.1, -0.05) is 42.5 Å². The van der Waals surface area contributed by atoms with E-state index in [9.17, 15) is 25.9 Å². The summed E-state index contributed by atoms with van der Waals surface area (Å²) in [7, 11) is -8.96. The Balaban J connectivity index is 0.00000171. The Morgan fingerprint density at radius 3 is 2.00 bits per heavy atom. The number of fused-ring (bicyclic) bond motifs is 2. The summed E-state index contributed by atoms with van der Waals surface area (Å²) in [5, 5.41) is 3.16. The van der Waals surface area contributed by atoms with Crippen LogP contribution < -0.4 is 69.6 Å². The second-order valence-electron chi connectivity index (χ2n) is 7.11. The van der Waals surface area contributed by atoms with Crippen molar-refractivity contribution < 1.29 is 85.1 Å². The molecule has 0 spiro atoms. The monoisotopic (exact) mass is 474 g/mol. The van der Waals surface area contributed by atoms with Gasteiger partial charge >= 0.3 is 59.1 Å². The van der Waals surface area contributed by atoms with Crippen LogP contribution in [0.3, 0.4) is 0 Å². The van der Waals surface area contributed by atoms with Crippen LogP contribution in [-0.4, -0.2) is 25.9 Å². The molecule has 10 heteroatoms. The Labute approximate surface area is 225 Å². The summed E-state index contributed by atoms with van der Waals surface area (Å²) in [5.74, 6) is 0.205. The molecule has 0 bridgehead atoms. The van der Waals surface area contributed by atoms with Crippen LogP contribution in [0.4, 0.5) is 0 Å². The molecule has 0 heterocycles. The molecule has 0 saturated carbocycles. The zero-order valence-corrected chi connectivity index (χ0v) is 22.7. The second kappa shape index (κ2) is 10.2. The average Bonchev–Trinajstić information content (AvgIpc) is 2.65. The van der Waals surface area contributed by atoms with Gasteiger partial charge in [0.25, 0.3) is 0 Å². The predicted molar refractivity (Wildman–Crippen MR) is 106 cm³/mol. The third-order valence-electron chi connectivity index (χ3n) is 5.07. The minimum atomic E-state index is -4.48. The first-order valence-electron chi connectivity index (χ1n) is 8.86. The smallest absolute Gasteiger partial charge is 0.744 e. The normalized spacial score (nSPS) is 15.6. The molecule has 0 fully saturated rings. The molecule has 4 rings (SSSR count).